The fourth-order valence-electron chi connectivity index (χ4n) is 0.897. The van der Waals surface area contributed by atoms with Gasteiger partial charge in [0.1, 0.15) is 11.4 Å². The number of nitrogens with zero attached hydrogens (tertiary/aromatic N) is 4. The van der Waals surface area contributed by atoms with E-state index >= 15 is 0 Å². The summed E-state index contributed by atoms with van der Waals surface area (Å²) in [6.07, 6.45) is 5.51. The van der Waals surface area contributed by atoms with Crippen molar-refractivity contribution >= 4 is 24.6 Å². The molecule has 0 aromatic carbocycles. The van der Waals surface area contributed by atoms with Crippen molar-refractivity contribution in [3.8, 4) is 0 Å². The quantitative estimate of drug-likeness (QED) is 0.604. The molecule has 0 aliphatic heterocycles. The summed E-state index contributed by atoms with van der Waals surface area (Å²) < 4.78 is 1.43. The molecular weight excluding hydrogens is 196 g/mol. The minimum Gasteiger partial charge on any atom is -0.214 e. The molecule has 1 rings (SSSR count). The van der Waals surface area contributed by atoms with Crippen LogP contribution in [0.4, 0.5) is 5.69 Å². The molecule has 5 heteroatoms. The SMILES string of the molecule is C/C=C\c1nn(S)cc1N=NC(C)C. The normalized spacial score (nSPS) is 12.4. The van der Waals surface area contributed by atoms with Gasteiger partial charge in [0.25, 0.3) is 0 Å². The molecular formula is C9H14N4S. The van der Waals surface area contributed by atoms with Crippen molar-refractivity contribution in [3.05, 3.63) is 18.0 Å². The van der Waals surface area contributed by atoms with Gasteiger partial charge in [-0.25, -0.2) is 4.09 Å². The Morgan fingerprint density at radius 2 is 2.29 bits per heavy atom. The van der Waals surface area contributed by atoms with E-state index < -0.39 is 0 Å². The van der Waals surface area contributed by atoms with Crippen LogP contribution >= 0.6 is 12.8 Å². The van der Waals surface area contributed by atoms with Crippen LogP contribution in [0.2, 0.25) is 0 Å². The lowest BCUT2D eigenvalue weighted by Gasteiger charge is -1.91. The average Bonchev–Trinajstić information content (AvgIpc) is 2.44. The predicted octanol–water partition coefficient (Wildman–Crippen LogP) is 3.10. The molecule has 1 heterocycles. The molecule has 0 aliphatic rings. The Balaban J connectivity index is 2.95. The van der Waals surface area contributed by atoms with E-state index in [-0.39, 0.29) is 6.04 Å². The average molecular weight is 210 g/mol. The van der Waals surface area contributed by atoms with Crippen molar-refractivity contribution in [2.24, 2.45) is 10.2 Å². The zero-order valence-electron chi connectivity index (χ0n) is 8.55. The lowest BCUT2D eigenvalue weighted by molar-refractivity contribution is 0.779. The number of hydrogen-bond acceptors (Lipinski definition) is 4. The monoisotopic (exact) mass is 210 g/mol. The van der Waals surface area contributed by atoms with Crippen molar-refractivity contribution in [2.75, 3.05) is 0 Å². The van der Waals surface area contributed by atoms with E-state index in [1.54, 1.807) is 6.20 Å². The van der Waals surface area contributed by atoms with Crippen LogP contribution in [0.5, 0.6) is 0 Å². The molecule has 0 saturated carbocycles. The summed E-state index contributed by atoms with van der Waals surface area (Å²) in [6.45, 7) is 5.88. The Bertz CT molecular complexity index is 352. The van der Waals surface area contributed by atoms with Gasteiger partial charge in [-0.3, -0.25) is 0 Å². The van der Waals surface area contributed by atoms with Crippen LogP contribution in [0.25, 0.3) is 6.08 Å². The molecule has 0 spiro atoms. The first-order valence-corrected chi connectivity index (χ1v) is 4.86. The van der Waals surface area contributed by atoms with Crippen molar-refractivity contribution in [1.29, 1.82) is 0 Å². The highest BCUT2D eigenvalue weighted by atomic mass is 32.1. The fraction of sp³-hybridized carbons (Fsp3) is 0.444. The molecule has 0 atom stereocenters. The van der Waals surface area contributed by atoms with Crippen LogP contribution in [0.1, 0.15) is 26.5 Å². The van der Waals surface area contributed by atoms with E-state index in [4.69, 9.17) is 0 Å². The molecule has 0 saturated heterocycles. The van der Waals surface area contributed by atoms with Gasteiger partial charge in [-0.1, -0.05) is 6.08 Å². The van der Waals surface area contributed by atoms with Gasteiger partial charge in [-0.05, 0) is 39.7 Å². The van der Waals surface area contributed by atoms with Gasteiger partial charge in [0.2, 0.25) is 0 Å². The Morgan fingerprint density at radius 3 is 2.86 bits per heavy atom. The lowest BCUT2D eigenvalue weighted by Crippen LogP contribution is -1.83. The number of rotatable bonds is 3. The van der Waals surface area contributed by atoms with Gasteiger partial charge in [0.05, 0.1) is 12.2 Å². The fourth-order valence-corrected chi connectivity index (χ4v) is 1.10. The highest BCUT2D eigenvalue weighted by molar-refractivity contribution is 7.78. The predicted molar refractivity (Wildman–Crippen MR) is 61.0 cm³/mol. The molecule has 0 unspecified atom stereocenters. The van der Waals surface area contributed by atoms with E-state index in [1.165, 1.54) is 4.09 Å². The second kappa shape index (κ2) is 4.95. The molecule has 0 aliphatic carbocycles. The molecule has 4 nitrogen and oxygen atoms in total. The summed E-state index contributed by atoms with van der Waals surface area (Å²) in [6, 6.07) is 0.191. The largest absolute Gasteiger partial charge is 0.214 e. The maximum Gasteiger partial charge on any atom is 0.132 e. The van der Waals surface area contributed by atoms with Crippen LogP contribution in [0.3, 0.4) is 0 Å². The third kappa shape index (κ3) is 2.99. The molecule has 0 fully saturated rings. The van der Waals surface area contributed by atoms with Crippen molar-refractivity contribution in [1.82, 2.24) is 9.19 Å². The smallest absolute Gasteiger partial charge is 0.132 e. The van der Waals surface area contributed by atoms with Gasteiger partial charge < -0.3 is 0 Å². The summed E-state index contributed by atoms with van der Waals surface area (Å²) in [5, 5.41) is 12.3. The minimum atomic E-state index is 0.191. The molecule has 0 N–H and O–H groups in total. The third-order valence-electron chi connectivity index (χ3n) is 1.43. The highest BCUT2D eigenvalue weighted by Crippen LogP contribution is 2.20. The summed E-state index contributed by atoms with van der Waals surface area (Å²) in [7, 11) is 0. The number of aromatic nitrogens is 2. The van der Waals surface area contributed by atoms with Crippen molar-refractivity contribution < 1.29 is 0 Å². The summed E-state index contributed by atoms with van der Waals surface area (Å²) in [5.74, 6) is 0. The summed E-state index contributed by atoms with van der Waals surface area (Å²) in [4.78, 5) is 0. The second-order valence-electron chi connectivity index (χ2n) is 3.13. The van der Waals surface area contributed by atoms with E-state index in [0.29, 0.717) is 0 Å². The molecule has 1 aromatic rings. The number of azo groups is 1. The van der Waals surface area contributed by atoms with E-state index in [0.717, 1.165) is 11.4 Å². The standard InChI is InChI=1S/C9H14N4S/c1-4-5-8-9(6-13(14)12-8)11-10-7(2)3/h4-7,14H,1-3H3/b5-4-,11-10?. The number of allylic oxidation sites excluding steroid dienone is 1. The van der Waals surface area contributed by atoms with Crippen LogP contribution in [0, 0.1) is 0 Å². The van der Waals surface area contributed by atoms with E-state index in [9.17, 15) is 0 Å². The van der Waals surface area contributed by atoms with Gasteiger partial charge in [0.15, 0.2) is 0 Å². The Kier molecular flexibility index (Phi) is 3.88. The van der Waals surface area contributed by atoms with Crippen LogP contribution < -0.4 is 0 Å². The first kappa shape index (κ1) is 11.0. The first-order valence-electron chi connectivity index (χ1n) is 4.46. The number of thiol groups is 1. The maximum atomic E-state index is 4.12. The highest BCUT2D eigenvalue weighted by Gasteiger charge is 2.03. The van der Waals surface area contributed by atoms with E-state index in [1.807, 2.05) is 32.9 Å². The molecule has 1 aromatic heterocycles. The van der Waals surface area contributed by atoms with Crippen molar-refractivity contribution in [2.45, 2.75) is 26.8 Å². The van der Waals surface area contributed by atoms with Gasteiger partial charge in [-0.2, -0.15) is 15.3 Å². The molecule has 0 radical (unpaired) electrons. The zero-order valence-corrected chi connectivity index (χ0v) is 9.44. The Morgan fingerprint density at radius 1 is 1.57 bits per heavy atom. The van der Waals surface area contributed by atoms with Gasteiger partial charge in [0, 0.05) is 0 Å². The van der Waals surface area contributed by atoms with E-state index in [2.05, 4.69) is 28.1 Å². The summed E-state index contributed by atoms with van der Waals surface area (Å²) in [5.41, 5.74) is 1.53. The molecule has 0 amide bonds. The van der Waals surface area contributed by atoms with Crippen LogP contribution in [0.15, 0.2) is 22.5 Å². The Hall–Kier alpha value is -1.10. The Labute approximate surface area is 89.3 Å². The second-order valence-corrected chi connectivity index (χ2v) is 3.54. The van der Waals surface area contributed by atoms with Crippen molar-refractivity contribution in [3.63, 3.8) is 0 Å². The summed E-state index contributed by atoms with van der Waals surface area (Å²) >= 11 is 4.08. The molecule has 0 bridgehead atoms. The maximum absolute atomic E-state index is 4.12. The van der Waals surface area contributed by atoms with Gasteiger partial charge >= 0.3 is 0 Å². The van der Waals surface area contributed by atoms with Crippen LogP contribution in [-0.4, -0.2) is 15.2 Å². The first-order chi connectivity index (χ1) is 6.63. The molecule has 14 heavy (non-hydrogen) atoms. The minimum absolute atomic E-state index is 0.191. The topological polar surface area (TPSA) is 42.5 Å². The number of hydrogen-bond donors (Lipinski definition) is 1. The third-order valence-corrected chi connectivity index (χ3v) is 1.64. The molecule has 76 valence electrons. The zero-order chi connectivity index (χ0) is 10.6. The lowest BCUT2D eigenvalue weighted by atomic mass is 10.3. The van der Waals surface area contributed by atoms with Crippen LogP contribution in [-0.2, 0) is 0 Å². The van der Waals surface area contributed by atoms with Gasteiger partial charge in [-0.15, -0.1) is 0 Å².